The van der Waals surface area contributed by atoms with Gasteiger partial charge in [-0.05, 0) is 99.2 Å². The van der Waals surface area contributed by atoms with Crippen molar-refractivity contribution in [3.8, 4) is 33.5 Å². The second-order valence-corrected chi connectivity index (χ2v) is 11.6. The normalized spacial score (nSPS) is 15.4. The number of pyridine rings is 1. The Labute approximate surface area is 243 Å². The lowest BCUT2D eigenvalue weighted by Crippen LogP contribution is -2.10. The van der Waals surface area contributed by atoms with E-state index < -0.39 is 0 Å². The SMILES string of the molecule is CC1CCCc2ccc(-c3cc(-c4ccc(-c5ccc6ccccc6c5)cc4)cc(C(C)c4ccccc4)c3)nc21. The van der Waals surface area contributed by atoms with Gasteiger partial charge >= 0.3 is 0 Å². The van der Waals surface area contributed by atoms with Gasteiger partial charge in [-0.3, -0.25) is 4.98 Å². The van der Waals surface area contributed by atoms with Crippen LogP contribution < -0.4 is 0 Å². The van der Waals surface area contributed by atoms with Crippen molar-refractivity contribution in [3.63, 3.8) is 0 Å². The minimum atomic E-state index is 0.281. The topological polar surface area (TPSA) is 12.9 Å². The van der Waals surface area contributed by atoms with E-state index in [1.807, 2.05) is 0 Å². The number of rotatable bonds is 5. The van der Waals surface area contributed by atoms with Crippen LogP contribution in [0.5, 0.6) is 0 Å². The Balaban J connectivity index is 1.30. The largest absolute Gasteiger partial charge is 0.252 e. The predicted octanol–water partition coefficient (Wildman–Crippen LogP) is 10.8. The maximum absolute atomic E-state index is 5.25. The molecule has 6 aromatic rings. The van der Waals surface area contributed by atoms with Crippen molar-refractivity contribution in [2.45, 2.75) is 44.9 Å². The summed E-state index contributed by atoms with van der Waals surface area (Å²) in [4.78, 5) is 5.25. The first-order chi connectivity index (χ1) is 20.1. The Morgan fingerprint density at radius 1 is 0.585 bits per heavy atom. The number of hydrogen-bond acceptors (Lipinski definition) is 1. The summed E-state index contributed by atoms with van der Waals surface area (Å²) in [6.45, 7) is 4.63. The first-order valence-corrected chi connectivity index (χ1v) is 14.9. The molecule has 1 nitrogen and oxygen atoms in total. The number of fused-ring (bicyclic) bond motifs is 2. The zero-order valence-corrected chi connectivity index (χ0v) is 23.8. The van der Waals surface area contributed by atoms with Crippen LogP contribution in [0.4, 0.5) is 0 Å². The van der Waals surface area contributed by atoms with Crippen molar-refractivity contribution in [2.75, 3.05) is 0 Å². The average Bonchev–Trinajstić information content (AvgIpc) is 3.04. The summed E-state index contributed by atoms with van der Waals surface area (Å²) < 4.78 is 0. The summed E-state index contributed by atoms with van der Waals surface area (Å²) in [6.07, 6.45) is 3.63. The first kappa shape index (κ1) is 25.5. The number of aryl methyl sites for hydroxylation is 1. The van der Waals surface area contributed by atoms with Crippen LogP contribution in [0.3, 0.4) is 0 Å². The van der Waals surface area contributed by atoms with Gasteiger partial charge in [-0.2, -0.15) is 0 Å². The van der Waals surface area contributed by atoms with Gasteiger partial charge in [0.1, 0.15) is 0 Å². The fraction of sp³-hybridized carbons (Fsp3) is 0.175. The maximum atomic E-state index is 5.25. The summed E-state index contributed by atoms with van der Waals surface area (Å²) in [5, 5.41) is 2.54. The van der Waals surface area contributed by atoms with Gasteiger partial charge in [-0.15, -0.1) is 0 Å². The van der Waals surface area contributed by atoms with Crippen LogP contribution in [-0.4, -0.2) is 4.98 Å². The zero-order valence-electron chi connectivity index (χ0n) is 23.8. The Morgan fingerprint density at radius 2 is 1.27 bits per heavy atom. The Hall–Kier alpha value is -4.49. The van der Waals surface area contributed by atoms with Crippen molar-refractivity contribution in [3.05, 3.63) is 150 Å². The third-order valence-corrected chi connectivity index (χ3v) is 8.91. The van der Waals surface area contributed by atoms with Gasteiger partial charge in [0, 0.05) is 17.2 Å². The van der Waals surface area contributed by atoms with Crippen LogP contribution in [-0.2, 0) is 6.42 Å². The highest BCUT2D eigenvalue weighted by atomic mass is 14.7. The molecule has 1 heterocycles. The van der Waals surface area contributed by atoms with Gasteiger partial charge in [0.15, 0.2) is 0 Å². The van der Waals surface area contributed by atoms with Gasteiger partial charge in [0.2, 0.25) is 0 Å². The summed E-state index contributed by atoms with van der Waals surface area (Å²) in [5.41, 5.74) is 12.6. The molecular weight excluding hydrogens is 494 g/mol. The van der Waals surface area contributed by atoms with E-state index in [0.29, 0.717) is 5.92 Å². The van der Waals surface area contributed by atoms with E-state index in [1.165, 1.54) is 73.8 Å². The third kappa shape index (κ3) is 5.09. The number of nitrogens with zero attached hydrogens (tertiary/aromatic N) is 1. The van der Waals surface area contributed by atoms with E-state index in [2.05, 4.69) is 141 Å². The molecule has 2 unspecified atom stereocenters. The Bertz CT molecular complexity index is 1830. The highest BCUT2D eigenvalue weighted by Crippen LogP contribution is 2.36. The van der Waals surface area contributed by atoms with E-state index >= 15 is 0 Å². The molecule has 0 saturated heterocycles. The van der Waals surface area contributed by atoms with E-state index in [4.69, 9.17) is 4.98 Å². The van der Waals surface area contributed by atoms with Gasteiger partial charge in [-0.25, -0.2) is 0 Å². The molecular formula is C40H35N. The molecule has 41 heavy (non-hydrogen) atoms. The maximum Gasteiger partial charge on any atom is 0.0705 e. The third-order valence-electron chi connectivity index (χ3n) is 8.91. The summed E-state index contributed by atoms with van der Waals surface area (Å²) in [7, 11) is 0. The summed E-state index contributed by atoms with van der Waals surface area (Å²) in [5.74, 6) is 0.801. The molecule has 0 spiro atoms. The molecule has 200 valence electrons. The molecule has 1 aromatic heterocycles. The average molecular weight is 530 g/mol. The molecule has 0 radical (unpaired) electrons. The van der Waals surface area contributed by atoms with Crippen LogP contribution in [0.25, 0.3) is 44.3 Å². The summed E-state index contributed by atoms with van der Waals surface area (Å²) in [6, 6.07) is 46.7. The van der Waals surface area contributed by atoms with Crippen molar-refractivity contribution >= 4 is 10.8 Å². The van der Waals surface area contributed by atoms with E-state index in [-0.39, 0.29) is 5.92 Å². The van der Waals surface area contributed by atoms with Crippen LogP contribution in [0.15, 0.2) is 127 Å². The van der Waals surface area contributed by atoms with Crippen LogP contribution in [0.2, 0.25) is 0 Å². The highest BCUT2D eigenvalue weighted by Gasteiger charge is 2.19. The molecule has 0 aliphatic heterocycles. The van der Waals surface area contributed by atoms with E-state index in [0.717, 1.165) is 12.1 Å². The molecule has 0 bridgehead atoms. The highest BCUT2D eigenvalue weighted by molar-refractivity contribution is 5.87. The van der Waals surface area contributed by atoms with Gasteiger partial charge in [0.25, 0.3) is 0 Å². The minimum Gasteiger partial charge on any atom is -0.252 e. The van der Waals surface area contributed by atoms with Crippen LogP contribution >= 0.6 is 0 Å². The Kier molecular flexibility index (Phi) is 6.72. The van der Waals surface area contributed by atoms with Crippen molar-refractivity contribution < 1.29 is 0 Å². The molecule has 1 aliphatic rings. The van der Waals surface area contributed by atoms with Gasteiger partial charge < -0.3 is 0 Å². The minimum absolute atomic E-state index is 0.281. The Morgan fingerprint density at radius 3 is 2.07 bits per heavy atom. The second kappa shape index (κ2) is 10.8. The van der Waals surface area contributed by atoms with Crippen molar-refractivity contribution in [1.82, 2.24) is 4.98 Å². The molecule has 0 N–H and O–H groups in total. The molecule has 1 aliphatic carbocycles. The van der Waals surface area contributed by atoms with E-state index in [1.54, 1.807) is 0 Å². The van der Waals surface area contributed by atoms with Crippen molar-refractivity contribution in [1.29, 1.82) is 0 Å². The van der Waals surface area contributed by atoms with E-state index in [9.17, 15) is 0 Å². The lowest BCUT2D eigenvalue weighted by molar-refractivity contribution is 0.574. The summed E-state index contributed by atoms with van der Waals surface area (Å²) >= 11 is 0. The quantitative estimate of drug-likeness (QED) is 0.216. The number of benzene rings is 5. The molecule has 2 atom stereocenters. The number of hydrogen-bond donors (Lipinski definition) is 0. The van der Waals surface area contributed by atoms with Gasteiger partial charge in [-0.1, -0.05) is 117 Å². The zero-order chi connectivity index (χ0) is 27.8. The van der Waals surface area contributed by atoms with Gasteiger partial charge in [0.05, 0.1) is 5.69 Å². The lowest BCUT2D eigenvalue weighted by Gasteiger charge is -2.22. The van der Waals surface area contributed by atoms with Crippen molar-refractivity contribution in [2.24, 2.45) is 0 Å². The van der Waals surface area contributed by atoms with Crippen LogP contribution in [0.1, 0.15) is 60.9 Å². The number of aromatic nitrogens is 1. The monoisotopic (exact) mass is 529 g/mol. The fourth-order valence-corrected chi connectivity index (χ4v) is 6.41. The first-order valence-electron chi connectivity index (χ1n) is 14.9. The molecule has 0 saturated carbocycles. The smallest absolute Gasteiger partial charge is 0.0705 e. The molecule has 1 heteroatoms. The molecule has 0 amide bonds. The molecule has 7 rings (SSSR count). The standard InChI is InChI=1S/C40H35N/c1-27-9-8-14-33-21-22-39(41-40(27)33)38-25-36(28(2)29-10-4-3-5-11-29)24-37(26-38)32-17-15-31(16-18-32)35-20-19-30-12-6-7-13-34(30)23-35/h3-7,10-13,15-28H,8-9,14H2,1-2H3. The molecule has 5 aromatic carbocycles. The predicted molar refractivity (Wildman–Crippen MR) is 173 cm³/mol. The second-order valence-electron chi connectivity index (χ2n) is 11.6. The molecule has 0 fully saturated rings. The lowest BCUT2D eigenvalue weighted by atomic mass is 9.86. The fourth-order valence-electron chi connectivity index (χ4n) is 6.41. The van der Waals surface area contributed by atoms with Crippen LogP contribution in [0, 0.1) is 0 Å².